The SMILES string of the molecule is CC(=O)OCC(=O)CCCO[Si](C)(C)C(C)(C)C. The fourth-order valence-electron chi connectivity index (χ4n) is 1.07. The van der Waals surface area contributed by atoms with Crippen molar-refractivity contribution in [2.75, 3.05) is 13.2 Å². The van der Waals surface area contributed by atoms with E-state index in [1.54, 1.807) is 0 Å². The number of Topliss-reactive ketones (excluding diaryl/α,β-unsaturated/α-hetero) is 1. The molecule has 0 aliphatic carbocycles. The van der Waals surface area contributed by atoms with Gasteiger partial charge >= 0.3 is 5.97 Å². The minimum Gasteiger partial charge on any atom is -0.458 e. The van der Waals surface area contributed by atoms with Crippen LogP contribution >= 0.6 is 0 Å². The van der Waals surface area contributed by atoms with Crippen LogP contribution in [0.4, 0.5) is 0 Å². The largest absolute Gasteiger partial charge is 0.458 e. The fraction of sp³-hybridized carbons (Fsp3) is 0.846. The van der Waals surface area contributed by atoms with Crippen molar-refractivity contribution in [2.45, 2.75) is 58.7 Å². The molecule has 18 heavy (non-hydrogen) atoms. The van der Waals surface area contributed by atoms with Gasteiger partial charge in [0, 0.05) is 20.0 Å². The smallest absolute Gasteiger partial charge is 0.303 e. The summed E-state index contributed by atoms with van der Waals surface area (Å²) in [5.41, 5.74) is 0. The van der Waals surface area contributed by atoms with E-state index in [0.717, 1.165) is 0 Å². The second kappa shape index (κ2) is 7.04. The second-order valence-electron chi connectivity index (χ2n) is 6.03. The Bertz CT molecular complexity index is 292. The van der Waals surface area contributed by atoms with Gasteiger partial charge in [0.2, 0.25) is 0 Å². The number of carbonyl (C=O) groups is 2. The molecule has 0 heterocycles. The van der Waals surface area contributed by atoms with Gasteiger partial charge in [-0.15, -0.1) is 0 Å². The molecule has 0 aromatic heterocycles. The summed E-state index contributed by atoms with van der Waals surface area (Å²) in [5.74, 6) is -0.468. The van der Waals surface area contributed by atoms with Crippen molar-refractivity contribution in [2.24, 2.45) is 0 Å². The molecule has 0 aromatic carbocycles. The molecule has 0 saturated carbocycles. The van der Waals surface area contributed by atoms with Crippen molar-refractivity contribution in [1.29, 1.82) is 0 Å². The lowest BCUT2D eigenvalue weighted by Crippen LogP contribution is -2.41. The van der Waals surface area contributed by atoms with E-state index in [-0.39, 0.29) is 17.4 Å². The Hall–Kier alpha value is -0.683. The standard InChI is InChI=1S/C13H26O4Si/c1-11(14)16-10-12(15)8-7-9-17-18(5,6)13(2,3)4/h7-10H2,1-6H3. The van der Waals surface area contributed by atoms with Crippen LogP contribution in [0.5, 0.6) is 0 Å². The van der Waals surface area contributed by atoms with E-state index in [4.69, 9.17) is 4.43 Å². The molecular formula is C13H26O4Si. The number of carbonyl (C=O) groups excluding carboxylic acids is 2. The highest BCUT2D eigenvalue weighted by atomic mass is 28.4. The first-order chi connectivity index (χ1) is 8.06. The molecule has 0 aliphatic heterocycles. The summed E-state index contributed by atoms with van der Waals surface area (Å²) in [7, 11) is -1.71. The molecule has 4 nitrogen and oxygen atoms in total. The van der Waals surface area contributed by atoms with Crippen molar-refractivity contribution >= 4 is 20.1 Å². The molecule has 5 heteroatoms. The van der Waals surface area contributed by atoms with Gasteiger partial charge in [-0.25, -0.2) is 0 Å². The highest BCUT2D eigenvalue weighted by molar-refractivity contribution is 6.74. The zero-order chi connectivity index (χ0) is 14.4. The first-order valence-corrected chi connectivity index (χ1v) is 9.26. The minimum atomic E-state index is -1.71. The Morgan fingerprint density at radius 2 is 1.72 bits per heavy atom. The third-order valence-electron chi connectivity index (χ3n) is 3.31. The highest BCUT2D eigenvalue weighted by Crippen LogP contribution is 2.36. The van der Waals surface area contributed by atoms with E-state index in [0.29, 0.717) is 19.4 Å². The van der Waals surface area contributed by atoms with Gasteiger partial charge in [-0.05, 0) is 24.6 Å². The lowest BCUT2D eigenvalue weighted by atomic mass is 10.2. The van der Waals surface area contributed by atoms with E-state index in [9.17, 15) is 9.59 Å². The van der Waals surface area contributed by atoms with Gasteiger partial charge in [0.25, 0.3) is 0 Å². The Morgan fingerprint density at radius 1 is 1.17 bits per heavy atom. The molecule has 106 valence electrons. The van der Waals surface area contributed by atoms with Crippen LogP contribution in [0.3, 0.4) is 0 Å². The van der Waals surface area contributed by atoms with Gasteiger partial charge in [-0.1, -0.05) is 20.8 Å². The molecule has 0 amide bonds. The number of ketones is 1. The first-order valence-electron chi connectivity index (χ1n) is 6.35. The summed E-state index contributed by atoms with van der Waals surface area (Å²) in [4.78, 5) is 21.9. The van der Waals surface area contributed by atoms with Crippen LogP contribution in [0, 0.1) is 0 Å². The molecule has 0 unspecified atom stereocenters. The van der Waals surface area contributed by atoms with Gasteiger partial charge in [0.15, 0.2) is 14.1 Å². The van der Waals surface area contributed by atoms with Gasteiger partial charge in [0.05, 0.1) is 0 Å². The molecule has 0 saturated heterocycles. The maximum Gasteiger partial charge on any atom is 0.303 e. The average molecular weight is 274 g/mol. The molecule has 0 radical (unpaired) electrons. The molecule has 0 spiro atoms. The predicted molar refractivity (Wildman–Crippen MR) is 74.0 cm³/mol. The van der Waals surface area contributed by atoms with Crippen molar-refractivity contribution in [1.82, 2.24) is 0 Å². The third-order valence-corrected chi connectivity index (χ3v) is 7.84. The zero-order valence-corrected chi connectivity index (χ0v) is 13.5. The molecule has 0 fully saturated rings. The number of esters is 1. The van der Waals surface area contributed by atoms with E-state index in [2.05, 4.69) is 38.6 Å². The normalized spacial score (nSPS) is 12.3. The summed E-state index contributed by atoms with van der Waals surface area (Å²) >= 11 is 0. The number of hydrogen-bond acceptors (Lipinski definition) is 4. The molecule has 0 aromatic rings. The minimum absolute atomic E-state index is 0.0518. The quantitative estimate of drug-likeness (QED) is 0.407. The monoisotopic (exact) mass is 274 g/mol. The predicted octanol–water partition coefficient (Wildman–Crippen LogP) is 2.92. The molecular weight excluding hydrogens is 248 g/mol. The fourth-order valence-corrected chi connectivity index (χ4v) is 2.16. The van der Waals surface area contributed by atoms with Crippen molar-refractivity contribution in [3.63, 3.8) is 0 Å². The Morgan fingerprint density at radius 3 is 2.17 bits per heavy atom. The summed E-state index contributed by atoms with van der Waals surface area (Å²) in [6.45, 7) is 12.7. The summed E-state index contributed by atoms with van der Waals surface area (Å²) < 4.78 is 10.6. The maximum atomic E-state index is 11.3. The second-order valence-corrected chi connectivity index (χ2v) is 10.8. The lowest BCUT2D eigenvalue weighted by Gasteiger charge is -2.36. The van der Waals surface area contributed by atoms with Crippen molar-refractivity contribution in [3.05, 3.63) is 0 Å². The van der Waals surface area contributed by atoms with E-state index in [1.165, 1.54) is 6.92 Å². The van der Waals surface area contributed by atoms with Crippen LogP contribution in [-0.2, 0) is 18.8 Å². The third kappa shape index (κ3) is 6.91. The van der Waals surface area contributed by atoms with Gasteiger partial charge in [0.1, 0.15) is 6.61 Å². The number of ether oxygens (including phenoxy) is 1. The van der Waals surface area contributed by atoms with E-state index >= 15 is 0 Å². The number of hydrogen-bond donors (Lipinski definition) is 0. The maximum absolute atomic E-state index is 11.3. The lowest BCUT2D eigenvalue weighted by molar-refractivity contribution is -0.145. The van der Waals surface area contributed by atoms with Crippen LogP contribution in [0.2, 0.25) is 18.1 Å². The van der Waals surface area contributed by atoms with Crippen LogP contribution in [-0.4, -0.2) is 33.3 Å². The van der Waals surface area contributed by atoms with Crippen LogP contribution in [0.25, 0.3) is 0 Å². The van der Waals surface area contributed by atoms with E-state index in [1.807, 2.05) is 0 Å². The van der Waals surface area contributed by atoms with Crippen LogP contribution in [0.1, 0.15) is 40.5 Å². The van der Waals surface area contributed by atoms with Crippen molar-refractivity contribution in [3.8, 4) is 0 Å². The Labute approximate surface area is 111 Å². The van der Waals surface area contributed by atoms with Gasteiger partial charge in [-0.2, -0.15) is 0 Å². The first kappa shape index (κ1) is 17.3. The topological polar surface area (TPSA) is 52.6 Å². The Kier molecular flexibility index (Phi) is 6.77. The number of rotatable bonds is 7. The summed E-state index contributed by atoms with van der Waals surface area (Å²) in [6, 6.07) is 0. The van der Waals surface area contributed by atoms with Gasteiger partial charge < -0.3 is 9.16 Å². The van der Waals surface area contributed by atoms with Crippen LogP contribution in [0.15, 0.2) is 0 Å². The van der Waals surface area contributed by atoms with Crippen molar-refractivity contribution < 1.29 is 18.8 Å². The Balaban J connectivity index is 3.80. The highest BCUT2D eigenvalue weighted by Gasteiger charge is 2.36. The van der Waals surface area contributed by atoms with Crippen LogP contribution < -0.4 is 0 Å². The van der Waals surface area contributed by atoms with Gasteiger partial charge in [-0.3, -0.25) is 9.59 Å². The molecule has 0 bridgehead atoms. The molecule has 0 rings (SSSR count). The summed E-state index contributed by atoms with van der Waals surface area (Å²) in [5, 5.41) is 0.189. The summed E-state index contributed by atoms with van der Waals surface area (Å²) in [6.07, 6.45) is 1.09. The average Bonchev–Trinajstić information content (AvgIpc) is 2.19. The molecule has 0 N–H and O–H groups in total. The zero-order valence-electron chi connectivity index (χ0n) is 12.5. The molecule has 0 aliphatic rings. The molecule has 0 atom stereocenters. The van der Waals surface area contributed by atoms with E-state index < -0.39 is 14.3 Å².